The summed E-state index contributed by atoms with van der Waals surface area (Å²) in [5, 5.41) is 19.9. The minimum Gasteiger partial charge on any atom is -0.387 e. The molecule has 22 heavy (non-hydrogen) atoms. The van der Waals surface area contributed by atoms with Gasteiger partial charge >= 0.3 is 11.8 Å². The molecule has 0 bridgehead atoms. The molecular weight excluding hydrogens is 360 g/mol. The number of ether oxygens (including phenoxy) is 1. The Hall–Kier alpha value is -0.670. The number of aliphatic hydroxyl groups is 2. The third-order valence-corrected chi connectivity index (χ3v) is 4.21. The van der Waals surface area contributed by atoms with Crippen molar-refractivity contribution in [2.75, 3.05) is 12.3 Å². The van der Waals surface area contributed by atoms with Crippen molar-refractivity contribution in [3.8, 4) is 0 Å². The predicted molar refractivity (Wildman–Crippen MR) is 78.8 cm³/mol. The Morgan fingerprint density at radius 3 is 2.73 bits per heavy atom. The lowest BCUT2D eigenvalue weighted by Crippen LogP contribution is -2.36. The summed E-state index contributed by atoms with van der Waals surface area (Å²) in [4.78, 5) is 15.4. The summed E-state index contributed by atoms with van der Waals surface area (Å²) in [7, 11) is 0. The molecular formula is C10H14Cl2N3O6P. The van der Waals surface area contributed by atoms with Crippen LogP contribution < -0.4 is 11.4 Å². The fourth-order valence-corrected chi connectivity index (χ4v) is 2.68. The van der Waals surface area contributed by atoms with Gasteiger partial charge in [0.25, 0.3) is 0 Å². The number of rotatable bonds is 4. The van der Waals surface area contributed by atoms with Crippen molar-refractivity contribution in [2.24, 2.45) is 0 Å². The molecule has 1 aromatic heterocycles. The molecule has 124 valence electrons. The molecule has 1 aromatic rings. The molecule has 12 heteroatoms. The second kappa shape index (κ2) is 6.45. The number of hydrogen-bond acceptors (Lipinski definition) is 8. The number of aryl methyl sites for hydroxylation is 1. The lowest BCUT2D eigenvalue weighted by Gasteiger charge is -2.18. The summed E-state index contributed by atoms with van der Waals surface area (Å²) in [6, 6.07) is 0. The first kappa shape index (κ1) is 17.7. The number of aromatic nitrogens is 2. The molecule has 4 N–H and O–H groups in total. The summed E-state index contributed by atoms with van der Waals surface area (Å²) >= 11 is 10.5. The number of nitrogens with two attached hydrogens (primary N) is 1. The van der Waals surface area contributed by atoms with Crippen LogP contribution in [0, 0.1) is 6.92 Å². The van der Waals surface area contributed by atoms with Crippen LogP contribution in [0.25, 0.3) is 0 Å². The van der Waals surface area contributed by atoms with E-state index in [1.807, 2.05) is 0 Å². The van der Waals surface area contributed by atoms with E-state index in [2.05, 4.69) is 9.51 Å². The summed E-state index contributed by atoms with van der Waals surface area (Å²) in [6.45, 7) is 1.20. The first-order chi connectivity index (χ1) is 10.1. The minimum absolute atomic E-state index is 0.0550. The number of nitrogens with zero attached hydrogens (tertiary/aromatic N) is 2. The molecule has 0 saturated carbocycles. The number of hydrogen-bond donors (Lipinski definition) is 3. The van der Waals surface area contributed by atoms with Crippen LogP contribution in [0.15, 0.2) is 11.0 Å². The van der Waals surface area contributed by atoms with Gasteiger partial charge in [-0.15, -0.1) is 0 Å². The summed E-state index contributed by atoms with van der Waals surface area (Å²) in [6.07, 6.45) is -7.55. The highest BCUT2D eigenvalue weighted by Gasteiger charge is 2.45. The molecule has 0 aliphatic carbocycles. The number of nitrogen functional groups attached to an aromatic ring is 1. The summed E-state index contributed by atoms with van der Waals surface area (Å²) < 4.78 is 22.1. The van der Waals surface area contributed by atoms with Crippen LogP contribution in [0.5, 0.6) is 0 Å². The lowest BCUT2D eigenvalue weighted by atomic mass is 10.1. The largest absolute Gasteiger partial charge is 0.387 e. The fourth-order valence-electron chi connectivity index (χ4n) is 2.02. The first-order valence-electron chi connectivity index (χ1n) is 6.11. The van der Waals surface area contributed by atoms with Gasteiger partial charge in [-0.2, -0.15) is 4.98 Å². The van der Waals surface area contributed by atoms with E-state index in [4.69, 9.17) is 33.0 Å². The second-order valence-electron chi connectivity index (χ2n) is 4.76. The van der Waals surface area contributed by atoms with Crippen LogP contribution in [-0.4, -0.2) is 44.7 Å². The molecule has 2 rings (SSSR count). The average molecular weight is 374 g/mol. The van der Waals surface area contributed by atoms with E-state index in [9.17, 15) is 19.6 Å². The van der Waals surface area contributed by atoms with Gasteiger partial charge in [-0.05, 0) is 29.4 Å². The van der Waals surface area contributed by atoms with E-state index in [-0.39, 0.29) is 5.82 Å². The third-order valence-electron chi connectivity index (χ3n) is 3.17. The zero-order valence-corrected chi connectivity index (χ0v) is 13.7. The van der Waals surface area contributed by atoms with Crippen LogP contribution in [-0.2, 0) is 13.8 Å². The lowest BCUT2D eigenvalue weighted by molar-refractivity contribution is -0.0507. The van der Waals surface area contributed by atoms with E-state index in [1.54, 1.807) is 6.92 Å². The van der Waals surface area contributed by atoms with E-state index in [0.29, 0.717) is 5.56 Å². The summed E-state index contributed by atoms with van der Waals surface area (Å²) in [5.41, 5.74) is 5.26. The van der Waals surface area contributed by atoms with Gasteiger partial charge in [0.1, 0.15) is 24.1 Å². The van der Waals surface area contributed by atoms with E-state index < -0.39 is 42.9 Å². The molecule has 0 radical (unpaired) electrons. The molecule has 2 heterocycles. The Labute approximate surface area is 134 Å². The molecule has 1 aliphatic heterocycles. The van der Waals surface area contributed by atoms with Crippen LogP contribution in [0.2, 0.25) is 0 Å². The Morgan fingerprint density at radius 1 is 1.50 bits per heavy atom. The molecule has 0 aromatic carbocycles. The monoisotopic (exact) mass is 373 g/mol. The molecule has 1 unspecified atom stereocenters. The maximum Gasteiger partial charge on any atom is 0.380 e. The average Bonchev–Trinajstić information content (AvgIpc) is 2.68. The minimum atomic E-state index is -3.81. The van der Waals surface area contributed by atoms with Crippen molar-refractivity contribution < 1.29 is 24.0 Å². The maximum atomic E-state index is 11.8. The van der Waals surface area contributed by atoms with Crippen molar-refractivity contribution >= 4 is 34.4 Å². The van der Waals surface area contributed by atoms with Crippen molar-refractivity contribution in [3.63, 3.8) is 0 Å². The van der Waals surface area contributed by atoms with Gasteiger partial charge in [0, 0.05) is 11.8 Å². The topological polar surface area (TPSA) is 137 Å². The first-order valence-corrected chi connectivity index (χ1v) is 9.54. The Kier molecular flexibility index (Phi) is 5.18. The number of aliphatic hydroxyl groups excluding tert-OH is 2. The highest BCUT2D eigenvalue weighted by Crippen LogP contribution is 2.57. The Morgan fingerprint density at radius 2 is 2.14 bits per heavy atom. The van der Waals surface area contributed by atoms with Crippen molar-refractivity contribution in [3.05, 3.63) is 22.2 Å². The quantitative estimate of drug-likeness (QED) is 0.643. The fraction of sp³-hybridized carbons (Fsp3) is 0.600. The van der Waals surface area contributed by atoms with Crippen molar-refractivity contribution in [1.82, 2.24) is 9.55 Å². The zero-order chi connectivity index (χ0) is 16.7. The van der Waals surface area contributed by atoms with Crippen molar-refractivity contribution in [2.45, 2.75) is 31.5 Å². The van der Waals surface area contributed by atoms with Gasteiger partial charge in [-0.25, -0.2) is 4.79 Å². The van der Waals surface area contributed by atoms with Crippen molar-refractivity contribution in [1.29, 1.82) is 0 Å². The van der Waals surface area contributed by atoms with Crippen LogP contribution in [0.1, 0.15) is 11.8 Å². The van der Waals surface area contributed by atoms with E-state index >= 15 is 0 Å². The van der Waals surface area contributed by atoms with Crippen LogP contribution in [0.3, 0.4) is 0 Å². The standard InChI is InChI=1S/C10H14Cl2N3O6P/c1-4-2-15(10(18)14-8(4)13)9-7(17)6(16)5(21-9)3-20-22(11,12)19/h2,5-7,9,16-17H,3H2,1H3,(H2,13,14,18)/t5-,6+,7?,9-/m1/s1. The van der Waals surface area contributed by atoms with Crippen LogP contribution in [0.4, 0.5) is 5.82 Å². The Balaban J connectivity index is 2.22. The SMILES string of the molecule is Cc1cn([C@@H]2O[C@H](COP(=O)(Cl)Cl)[C@H](O)C2O)c(=O)nc1N. The normalized spacial score (nSPS) is 29.0. The maximum absolute atomic E-state index is 11.8. The second-order valence-corrected chi connectivity index (χ2v) is 9.03. The Bertz CT molecular complexity index is 665. The molecule has 1 fully saturated rings. The molecule has 1 aliphatic rings. The molecule has 9 nitrogen and oxygen atoms in total. The zero-order valence-electron chi connectivity index (χ0n) is 11.3. The highest BCUT2D eigenvalue weighted by molar-refractivity contribution is 8.05. The molecule has 0 spiro atoms. The van der Waals surface area contributed by atoms with Gasteiger partial charge in [-0.3, -0.25) is 9.13 Å². The van der Waals surface area contributed by atoms with Crippen LogP contribution >= 0.6 is 28.6 Å². The third kappa shape index (κ3) is 3.80. The van der Waals surface area contributed by atoms with Gasteiger partial charge in [0.15, 0.2) is 6.23 Å². The van der Waals surface area contributed by atoms with E-state index in [1.165, 1.54) is 6.20 Å². The smallest absolute Gasteiger partial charge is 0.380 e. The molecule has 0 amide bonds. The number of anilines is 1. The summed E-state index contributed by atoms with van der Waals surface area (Å²) in [5.74, 6) is 0.0550. The van der Waals surface area contributed by atoms with Gasteiger partial charge in [0.05, 0.1) is 6.61 Å². The van der Waals surface area contributed by atoms with E-state index in [0.717, 1.165) is 4.57 Å². The van der Waals surface area contributed by atoms with Gasteiger partial charge in [-0.1, -0.05) is 0 Å². The van der Waals surface area contributed by atoms with Gasteiger partial charge in [0.2, 0.25) is 0 Å². The van der Waals surface area contributed by atoms with Gasteiger partial charge < -0.3 is 25.2 Å². The molecule has 4 atom stereocenters. The predicted octanol–water partition coefficient (Wildman–Crippen LogP) is 0.355. The molecule has 1 saturated heterocycles. The number of halogens is 2. The highest BCUT2D eigenvalue weighted by atomic mass is 35.9.